The molecular formula is C45H29N5. The predicted octanol–water partition coefficient (Wildman–Crippen LogP) is 10.9. The Hall–Kier alpha value is -6.77. The second kappa shape index (κ2) is 11.7. The van der Waals surface area contributed by atoms with Crippen LogP contribution in [0, 0.1) is 6.57 Å². The zero-order valence-electron chi connectivity index (χ0n) is 27.2. The minimum absolute atomic E-state index is 0.579. The SMILES string of the molecule is [C-]#[N+]C1(C)c2cc(-c3cc(-c4cccnc4)cc(-c4nc(-c5ccccc5)nc(-c5ccccc5)n4)c3)ccc2-c2c1ccc1ccccc21. The van der Waals surface area contributed by atoms with E-state index in [2.05, 4.69) is 88.7 Å². The van der Waals surface area contributed by atoms with Gasteiger partial charge in [-0.1, -0.05) is 109 Å². The van der Waals surface area contributed by atoms with Crippen LogP contribution in [0.15, 0.2) is 158 Å². The fourth-order valence-electron chi connectivity index (χ4n) is 7.14. The van der Waals surface area contributed by atoms with Crippen LogP contribution in [0.2, 0.25) is 0 Å². The Morgan fingerprint density at radius 2 is 1.10 bits per heavy atom. The van der Waals surface area contributed by atoms with Crippen LogP contribution in [0.5, 0.6) is 0 Å². The molecule has 0 fully saturated rings. The van der Waals surface area contributed by atoms with Gasteiger partial charge in [-0.2, -0.15) is 0 Å². The van der Waals surface area contributed by atoms with Crippen LogP contribution in [0.1, 0.15) is 18.1 Å². The number of benzene rings is 6. The molecule has 2 heterocycles. The van der Waals surface area contributed by atoms with Crippen LogP contribution in [0.25, 0.3) is 83.2 Å². The van der Waals surface area contributed by atoms with Crippen molar-refractivity contribution in [1.29, 1.82) is 0 Å². The van der Waals surface area contributed by atoms with Gasteiger partial charge in [-0.05, 0) is 69.4 Å². The quantitative estimate of drug-likeness (QED) is 0.176. The van der Waals surface area contributed by atoms with Gasteiger partial charge in [0.05, 0.1) is 0 Å². The number of hydrogen-bond acceptors (Lipinski definition) is 4. The summed E-state index contributed by atoms with van der Waals surface area (Å²) in [7, 11) is 0. The van der Waals surface area contributed by atoms with E-state index in [1.54, 1.807) is 6.20 Å². The molecule has 0 N–H and O–H groups in total. The molecule has 234 valence electrons. The Balaban J connectivity index is 1.26. The molecule has 8 aromatic rings. The number of pyridine rings is 1. The third kappa shape index (κ3) is 4.86. The summed E-state index contributed by atoms with van der Waals surface area (Å²) in [5.41, 5.74) is 10.2. The fraction of sp³-hybridized carbons (Fsp3) is 0.0444. The highest BCUT2D eigenvalue weighted by Gasteiger charge is 2.46. The van der Waals surface area contributed by atoms with Crippen molar-refractivity contribution >= 4 is 10.8 Å². The molecule has 1 unspecified atom stereocenters. The molecule has 9 rings (SSSR count). The average molecular weight is 640 g/mol. The van der Waals surface area contributed by atoms with Crippen LogP contribution >= 0.6 is 0 Å². The largest absolute Gasteiger partial charge is 0.300 e. The van der Waals surface area contributed by atoms with Gasteiger partial charge >= 0.3 is 0 Å². The maximum atomic E-state index is 8.41. The molecule has 0 spiro atoms. The first kappa shape index (κ1) is 29.4. The van der Waals surface area contributed by atoms with Crippen molar-refractivity contribution in [3.63, 3.8) is 0 Å². The second-order valence-electron chi connectivity index (χ2n) is 12.7. The molecule has 1 aliphatic rings. The highest BCUT2D eigenvalue weighted by Crippen LogP contribution is 2.53. The summed E-state index contributed by atoms with van der Waals surface area (Å²) in [6.07, 6.45) is 3.66. The van der Waals surface area contributed by atoms with Gasteiger partial charge in [0.2, 0.25) is 0 Å². The molecule has 2 aromatic heterocycles. The van der Waals surface area contributed by atoms with E-state index in [4.69, 9.17) is 21.5 Å². The molecule has 0 bridgehead atoms. The Morgan fingerprint density at radius 3 is 1.76 bits per heavy atom. The summed E-state index contributed by atoms with van der Waals surface area (Å²) < 4.78 is 0. The van der Waals surface area contributed by atoms with E-state index in [1.807, 2.05) is 79.9 Å². The first-order chi connectivity index (χ1) is 24.6. The minimum atomic E-state index is -0.808. The Kier molecular flexibility index (Phi) is 6.89. The van der Waals surface area contributed by atoms with E-state index in [0.29, 0.717) is 17.5 Å². The maximum absolute atomic E-state index is 8.41. The molecular weight excluding hydrogens is 611 g/mol. The van der Waals surface area contributed by atoms with Crippen LogP contribution in [-0.4, -0.2) is 19.9 Å². The van der Waals surface area contributed by atoms with E-state index in [-0.39, 0.29) is 0 Å². The van der Waals surface area contributed by atoms with Crippen molar-refractivity contribution in [2.75, 3.05) is 0 Å². The molecule has 0 aliphatic heterocycles. The Bertz CT molecular complexity index is 2550. The summed E-state index contributed by atoms with van der Waals surface area (Å²) in [5.74, 6) is 1.80. The zero-order valence-corrected chi connectivity index (χ0v) is 27.2. The van der Waals surface area contributed by atoms with Crippen LogP contribution in [0.4, 0.5) is 0 Å². The van der Waals surface area contributed by atoms with Crippen LogP contribution in [-0.2, 0) is 5.54 Å². The molecule has 0 saturated heterocycles. The fourth-order valence-corrected chi connectivity index (χ4v) is 7.14. The van der Waals surface area contributed by atoms with Crippen LogP contribution in [0.3, 0.4) is 0 Å². The summed E-state index contributed by atoms with van der Waals surface area (Å²) in [6.45, 7) is 10.5. The Labute approximate surface area is 290 Å². The lowest BCUT2D eigenvalue weighted by molar-refractivity contribution is 0.742. The monoisotopic (exact) mass is 639 g/mol. The van der Waals surface area contributed by atoms with E-state index < -0.39 is 5.54 Å². The lowest BCUT2D eigenvalue weighted by Gasteiger charge is -2.15. The minimum Gasteiger partial charge on any atom is -0.300 e. The first-order valence-electron chi connectivity index (χ1n) is 16.6. The normalized spacial score (nSPS) is 14.6. The maximum Gasteiger partial charge on any atom is 0.281 e. The van der Waals surface area contributed by atoms with Gasteiger partial charge < -0.3 is 4.85 Å². The van der Waals surface area contributed by atoms with Crippen molar-refractivity contribution in [2.24, 2.45) is 0 Å². The van der Waals surface area contributed by atoms with E-state index in [0.717, 1.165) is 61.2 Å². The summed E-state index contributed by atoms with van der Waals surface area (Å²) in [4.78, 5) is 23.7. The first-order valence-corrected chi connectivity index (χ1v) is 16.6. The molecule has 6 aromatic carbocycles. The molecule has 1 atom stereocenters. The highest BCUT2D eigenvalue weighted by atomic mass is 15.0. The summed E-state index contributed by atoms with van der Waals surface area (Å²) in [6, 6.07) is 49.8. The van der Waals surface area contributed by atoms with Gasteiger partial charge in [0.1, 0.15) is 0 Å². The number of rotatable bonds is 5. The molecule has 0 saturated carbocycles. The van der Waals surface area contributed by atoms with Gasteiger partial charge in [-0.3, -0.25) is 4.98 Å². The third-order valence-corrected chi connectivity index (χ3v) is 9.71. The lowest BCUT2D eigenvalue weighted by Crippen LogP contribution is -2.15. The standard InChI is InChI=1S/C45H29N5/c1-45(46-2)39-22-20-29-12-9-10-18-37(29)41(39)38-21-19-32(27-40(38)45)34-24-35(33-17-11-23-47-28-33)26-36(25-34)44-49-42(30-13-5-3-6-14-30)48-43(50-44)31-15-7-4-8-16-31/h3-28H,1H3. The molecule has 0 amide bonds. The smallest absolute Gasteiger partial charge is 0.281 e. The molecule has 1 aliphatic carbocycles. The molecule has 50 heavy (non-hydrogen) atoms. The van der Waals surface area contributed by atoms with Crippen molar-refractivity contribution in [3.8, 4) is 67.5 Å². The third-order valence-electron chi connectivity index (χ3n) is 9.71. The van der Waals surface area contributed by atoms with Gasteiger partial charge in [-0.15, -0.1) is 0 Å². The second-order valence-corrected chi connectivity index (χ2v) is 12.7. The van der Waals surface area contributed by atoms with Crippen molar-refractivity contribution in [3.05, 3.63) is 181 Å². The van der Waals surface area contributed by atoms with Gasteiger partial charge in [0, 0.05) is 58.3 Å². The predicted molar refractivity (Wildman–Crippen MR) is 201 cm³/mol. The number of fused-ring (bicyclic) bond motifs is 5. The van der Waals surface area contributed by atoms with Crippen molar-refractivity contribution in [1.82, 2.24) is 19.9 Å². The molecule has 5 nitrogen and oxygen atoms in total. The van der Waals surface area contributed by atoms with E-state index in [9.17, 15) is 0 Å². The Morgan fingerprint density at radius 1 is 0.500 bits per heavy atom. The van der Waals surface area contributed by atoms with E-state index >= 15 is 0 Å². The number of nitrogens with zero attached hydrogens (tertiary/aromatic N) is 5. The topological polar surface area (TPSA) is 55.9 Å². The number of hydrogen-bond donors (Lipinski definition) is 0. The molecule has 0 radical (unpaired) electrons. The van der Waals surface area contributed by atoms with Gasteiger partial charge in [-0.25, -0.2) is 21.5 Å². The average Bonchev–Trinajstić information content (AvgIpc) is 3.46. The number of aromatic nitrogens is 4. The van der Waals surface area contributed by atoms with E-state index in [1.165, 1.54) is 10.8 Å². The van der Waals surface area contributed by atoms with Gasteiger partial charge in [0.25, 0.3) is 5.54 Å². The van der Waals surface area contributed by atoms with Gasteiger partial charge in [0.15, 0.2) is 17.5 Å². The summed E-state index contributed by atoms with van der Waals surface area (Å²) in [5, 5.41) is 2.34. The molecule has 5 heteroatoms. The van der Waals surface area contributed by atoms with Crippen molar-refractivity contribution < 1.29 is 0 Å². The van der Waals surface area contributed by atoms with Crippen molar-refractivity contribution in [2.45, 2.75) is 12.5 Å². The zero-order chi connectivity index (χ0) is 33.7. The van der Waals surface area contributed by atoms with Crippen LogP contribution < -0.4 is 0 Å². The highest BCUT2D eigenvalue weighted by molar-refractivity contribution is 6.03. The lowest BCUT2D eigenvalue weighted by atomic mass is 9.88. The summed E-state index contributed by atoms with van der Waals surface area (Å²) >= 11 is 0.